The van der Waals surface area contributed by atoms with Gasteiger partial charge in [-0.15, -0.1) is 0 Å². The maximum Gasteiger partial charge on any atom is 0.265 e. The Morgan fingerprint density at radius 3 is 1.94 bits per heavy atom. The third-order valence-corrected chi connectivity index (χ3v) is 6.38. The summed E-state index contributed by atoms with van der Waals surface area (Å²) < 4.78 is 15.6. The zero-order valence-corrected chi connectivity index (χ0v) is 19.8. The molecule has 1 aromatic carbocycles. The molecule has 0 unspecified atom stereocenters. The number of fused-ring (bicyclic) bond motifs is 1. The molecular formula is C24H35N4O4+. The molecule has 2 aliphatic heterocycles. The first-order chi connectivity index (χ1) is 15.2. The maximum absolute atomic E-state index is 13.2. The minimum Gasteiger partial charge on any atom is -0.372 e. The Hall–Kier alpha value is -2.45. The number of amides is 2. The monoisotopic (exact) mass is 443 g/mol. The molecule has 0 aliphatic carbocycles. The van der Waals surface area contributed by atoms with Crippen LogP contribution in [0.25, 0.3) is 11.0 Å². The Kier molecular flexibility index (Phi) is 6.53. The molecule has 2 fully saturated rings. The Labute approximate surface area is 189 Å². The van der Waals surface area contributed by atoms with Gasteiger partial charge in [0, 0.05) is 33.1 Å². The second-order valence-electron chi connectivity index (χ2n) is 9.32. The molecule has 174 valence electrons. The molecule has 8 heteroatoms. The molecule has 32 heavy (non-hydrogen) atoms. The van der Waals surface area contributed by atoms with Gasteiger partial charge in [0.05, 0.1) is 24.4 Å². The Bertz CT molecular complexity index is 906. The van der Waals surface area contributed by atoms with Crippen LogP contribution in [0.5, 0.6) is 0 Å². The fourth-order valence-electron chi connectivity index (χ4n) is 5.05. The lowest BCUT2D eigenvalue weighted by molar-refractivity contribution is -0.666. The van der Waals surface area contributed by atoms with E-state index in [0.29, 0.717) is 26.2 Å². The van der Waals surface area contributed by atoms with Crippen molar-refractivity contribution in [1.82, 2.24) is 14.4 Å². The number of morpholine rings is 2. The maximum atomic E-state index is 13.2. The number of benzene rings is 1. The Morgan fingerprint density at radius 1 is 0.875 bits per heavy atom. The van der Waals surface area contributed by atoms with Gasteiger partial charge in [-0.3, -0.25) is 9.59 Å². The largest absolute Gasteiger partial charge is 0.372 e. The molecule has 0 radical (unpaired) electrons. The summed E-state index contributed by atoms with van der Waals surface area (Å²) in [5, 5.41) is 0. The average Bonchev–Trinajstić information content (AvgIpc) is 2.98. The fourth-order valence-corrected chi connectivity index (χ4v) is 5.05. The molecule has 2 saturated heterocycles. The topological polar surface area (TPSA) is 67.9 Å². The summed E-state index contributed by atoms with van der Waals surface area (Å²) in [6, 6.07) is 7.97. The van der Waals surface area contributed by atoms with Crippen LogP contribution >= 0.6 is 0 Å². The second kappa shape index (κ2) is 9.19. The van der Waals surface area contributed by atoms with Crippen LogP contribution in [-0.4, -0.2) is 76.8 Å². The number of hydrogen-bond donors (Lipinski definition) is 0. The molecule has 0 spiro atoms. The van der Waals surface area contributed by atoms with Gasteiger partial charge in [-0.25, -0.2) is 9.13 Å². The number of ether oxygens (including phenoxy) is 2. The number of nitrogens with zero attached hydrogens (tertiary/aromatic N) is 4. The van der Waals surface area contributed by atoms with E-state index >= 15 is 0 Å². The highest BCUT2D eigenvalue weighted by atomic mass is 16.5. The second-order valence-corrected chi connectivity index (χ2v) is 9.32. The van der Waals surface area contributed by atoms with Crippen LogP contribution in [0.2, 0.25) is 0 Å². The van der Waals surface area contributed by atoms with Crippen LogP contribution in [0, 0.1) is 6.92 Å². The molecule has 0 N–H and O–H groups in total. The van der Waals surface area contributed by atoms with Gasteiger partial charge in [0.1, 0.15) is 0 Å². The van der Waals surface area contributed by atoms with Crippen molar-refractivity contribution in [1.29, 1.82) is 0 Å². The number of carbonyl (C=O) groups excluding carboxylic acids is 2. The van der Waals surface area contributed by atoms with Crippen LogP contribution in [0.4, 0.5) is 0 Å². The van der Waals surface area contributed by atoms with Crippen LogP contribution in [-0.2, 0) is 32.2 Å². The van der Waals surface area contributed by atoms with Crippen molar-refractivity contribution in [3.8, 4) is 0 Å². The van der Waals surface area contributed by atoms with Gasteiger partial charge in [0.25, 0.3) is 17.6 Å². The van der Waals surface area contributed by atoms with Gasteiger partial charge in [-0.05, 0) is 39.8 Å². The third kappa shape index (κ3) is 4.66. The molecule has 2 aromatic rings. The van der Waals surface area contributed by atoms with E-state index in [4.69, 9.17) is 9.47 Å². The van der Waals surface area contributed by atoms with Crippen molar-refractivity contribution >= 4 is 22.8 Å². The zero-order chi connectivity index (χ0) is 23.0. The van der Waals surface area contributed by atoms with E-state index < -0.39 is 0 Å². The summed E-state index contributed by atoms with van der Waals surface area (Å²) >= 11 is 0. The first-order valence-electron chi connectivity index (χ1n) is 11.6. The number of para-hydroxylation sites is 2. The molecule has 0 bridgehead atoms. The van der Waals surface area contributed by atoms with E-state index in [1.807, 2.05) is 77.8 Å². The molecular weight excluding hydrogens is 408 g/mol. The standard InChI is InChI=1S/C24H35N4O4/c1-16-10-25(11-17(2)31-16)23(29)14-27-20(5)28(22-9-7-6-8-21(22)27)15-24(30)26-12-18(3)32-19(4)13-26/h6-9,16-19H,10-15H2,1-5H3/q+1/t16-,17-,18-,19+/m0/s1. The lowest BCUT2D eigenvalue weighted by Crippen LogP contribution is -2.53. The highest BCUT2D eigenvalue weighted by Crippen LogP contribution is 2.17. The molecule has 4 rings (SSSR count). The summed E-state index contributed by atoms with van der Waals surface area (Å²) in [6.45, 7) is 12.9. The number of imidazole rings is 1. The van der Waals surface area contributed by atoms with Crippen LogP contribution in [0.15, 0.2) is 24.3 Å². The first-order valence-corrected chi connectivity index (χ1v) is 11.6. The molecule has 1 aromatic heterocycles. The van der Waals surface area contributed by atoms with Gasteiger partial charge in [0.2, 0.25) is 0 Å². The van der Waals surface area contributed by atoms with Crippen molar-refractivity contribution in [2.45, 2.75) is 72.1 Å². The van der Waals surface area contributed by atoms with Gasteiger partial charge in [-0.2, -0.15) is 0 Å². The van der Waals surface area contributed by atoms with E-state index in [-0.39, 0.29) is 49.3 Å². The van der Waals surface area contributed by atoms with E-state index in [9.17, 15) is 9.59 Å². The predicted octanol–water partition coefficient (Wildman–Crippen LogP) is 1.51. The molecule has 0 saturated carbocycles. The lowest BCUT2D eigenvalue weighted by Gasteiger charge is -2.35. The molecule has 2 aliphatic rings. The third-order valence-electron chi connectivity index (χ3n) is 6.38. The average molecular weight is 444 g/mol. The van der Waals surface area contributed by atoms with Gasteiger partial charge >= 0.3 is 0 Å². The van der Waals surface area contributed by atoms with E-state index in [0.717, 1.165) is 16.9 Å². The summed E-state index contributed by atoms with van der Waals surface area (Å²) in [5.41, 5.74) is 1.92. The summed E-state index contributed by atoms with van der Waals surface area (Å²) in [5.74, 6) is 1.05. The summed E-state index contributed by atoms with van der Waals surface area (Å²) in [7, 11) is 0. The zero-order valence-electron chi connectivity index (χ0n) is 19.8. The van der Waals surface area contributed by atoms with Gasteiger partial charge in [-0.1, -0.05) is 12.1 Å². The van der Waals surface area contributed by atoms with Gasteiger partial charge in [0.15, 0.2) is 24.1 Å². The minimum atomic E-state index is 0.0334. The van der Waals surface area contributed by atoms with Crippen molar-refractivity contribution in [3.05, 3.63) is 30.1 Å². The normalized spacial score (nSPS) is 26.5. The van der Waals surface area contributed by atoms with Crippen molar-refractivity contribution in [2.24, 2.45) is 0 Å². The molecule has 3 heterocycles. The number of rotatable bonds is 4. The van der Waals surface area contributed by atoms with E-state index in [1.54, 1.807) is 0 Å². The Morgan fingerprint density at radius 2 is 1.38 bits per heavy atom. The van der Waals surface area contributed by atoms with E-state index in [1.165, 1.54) is 0 Å². The molecule has 8 nitrogen and oxygen atoms in total. The van der Waals surface area contributed by atoms with Crippen molar-refractivity contribution in [3.63, 3.8) is 0 Å². The Balaban J connectivity index is 1.58. The summed E-state index contributed by atoms with van der Waals surface area (Å²) in [4.78, 5) is 30.1. The summed E-state index contributed by atoms with van der Waals surface area (Å²) in [6.07, 6.45) is 0.134. The van der Waals surface area contributed by atoms with E-state index in [2.05, 4.69) is 0 Å². The van der Waals surface area contributed by atoms with Crippen LogP contribution in [0.1, 0.15) is 33.5 Å². The number of aromatic nitrogens is 2. The SMILES string of the molecule is Cc1n(CC(=O)N2C[C@@H](C)O[C@@H](C)C2)c2ccccc2[n+]1CC(=O)N1C[C@H](C)O[C@@H](C)C1. The van der Waals surface area contributed by atoms with Crippen LogP contribution < -0.4 is 4.57 Å². The minimum absolute atomic E-state index is 0.0334. The predicted molar refractivity (Wildman–Crippen MR) is 120 cm³/mol. The number of carbonyl (C=O) groups is 2. The quantitative estimate of drug-likeness (QED) is 0.672. The van der Waals surface area contributed by atoms with Gasteiger partial charge < -0.3 is 19.3 Å². The lowest BCUT2D eigenvalue weighted by atomic mass is 10.2. The first kappa shape index (κ1) is 22.7. The van der Waals surface area contributed by atoms with Crippen molar-refractivity contribution < 1.29 is 23.6 Å². The van der Waals surface area contributed by atoms with Crippen LogP contribution in [0.3, 0.4) is 0 Å². The number of hydrogen-bond acceptors (Lipinski definition) is 4. The highest BCUT2D eigenvalue weighted by Gasteiger charge is 2.32. The smallest absolute Gasteiger partial charge is 0.265 e. The molecule has 4 atom stereocenters. The highest BCUT2D eigenvalue weighted by molar-refractivity contribution is 5.80. The molecule has 2 amide bonds. The van der Waals surface area contributed by atoms with Crippen molar-refractivity contribution in [2.75, 3.05) is 26.2 Å². The fraction of sp³-hybridized carbons (Fsp3) is 0.625.